The topological polar surface area (TPSA) is 27.7 Å². The Morgan fingerprint density at radius 1 is 1.16 bits per heavy atom. The molecule has 0 radical (unpaired) electrons. The summed E-state index contributed by atoms with van der Waals surface area (Å²) in [5.41, 5.74) is 5.21. The van der Waals surface area contributed by atoms with Crippen molar-refractivity contribution in [1.82, 2.24) is 4.90 Å². The zero-order chi connectivity index (χ0) is 22.2. The molecule has 0 spiro atoms. The smallest absolute Gasteiger partial charge is 0.173 e. The highest BCUT2D eigenvalue weighted by Gasteiger charge is 2.20. The second-order valence-corrected chi connectivity index (χ2v) is 8.71. The highest BCUT2D eigenvalue weighted by molar-refractivity contribution is 7.80. The van der Waals surface area contributed by atoms with E-state index in [0.717, 1.165) is 36.1 Å². The number of hydrogen-bond acceptors (Lipinski definition) is 3. The molecule has 1 heterocycles. The second-order valence-electron chi connectivity index (χ2n) is 8.33. The Morgan fingerprint density at radius 3 is 2.61 bits per heavy atom. The van der Waals surface area contributed by atoms with Crippen molar-refractivity contribution < 1.29 is 4.74 Å². The number of hydrogen-bond donors (Lipinski definition) is 1. The fourth-order valence-electron chi connectivity index (χ4n) is 4.17. The van der Waals surface area contributed by atoms with E-state index in [9.17, 15) is 0 Å². The van der Waals surface area contributed by atoms with Crippen molar-refractivity contribution >= 4 is 28.7 Å². The summed E-state index contributed by atoms with van der Waals surface area (Å²) in [6.45, 7) is 12.5. The number of nitrogens with zero attached hydrogens (tertiary/aromatic N) is 2. The average molecular weight is 440 g/mol. The minimum Gasteiger partial charge on any atom is -0.494 e. The fourth-order valence-corrected chi connectivity index (χ4v) is 4.53. The van der Waals surface area contributed by atoms with Gasteiger partial charge in [-0.25, -0.2) is 0 Å². The summed E-state index contributed by atoms with van der Waals surface area (Å²) in [5.74, 6) is 0.879. The van der Waals surface area contributed by atoms with Crippen LogP contribution in [0.25, 0.3) is 0 Å². The van der Waals surface area contributed by atoms with Gasteiger partial charge in [-0.15, -0.1) is 0 Å². The maximum atomic E-state index is 5.83. The lowest BCUT2D eigenvalue weighted by molar-refractivity contribution is 0.319. The number of ether oxygens (including phenoxy) is 1. The molecule has 5 heteroatoms. The van der Waals surface area contributed by atoms with E-state index in [1.54, 1.807) is 0 Å². The minimum absolute atomic E-state index is 0.357. The van der Waals surface area contributed by atoms with Crippen molar-refractivity contribution in [2.24, 2.45) is 0 Å². The third-order valence-electron chi connectivity index (χ3n) is 6.01. The highest BCUT2D eigenvalue weighted by atomic mass is 32.1. The summed E-state index contributed by atoms with van der Waals surface area (Å²) >= 11 is 5.83. The Bertz CT molecular complexity index is 852. The zero-order valence-electron chi connectivity index (χ0n) is 19.5. The van der Waals surface area contributed by atoms with Gasteiger partial charge < -0.3 is 19.9 Å². The molecule has 168 valence electrons. The third-order valence-corrected chi connectivity index (χ3v) is 6.34. The summed E-state index contributed by atoms with van der Waals surface area (Å²) < 4.78 is 5.54. The van der Waals surface area contributed by atoms with Crippen molar-refractivity contribution in [1.29, 1.82) is 0 Å². The molecule has 1 atom stereocenters. The van der Waals surface area contributed by atoms with Crippen LogP contribution in [-0.4, -0.2) is 35.8 Å². The molecular formula is C26H37N3OS. The first-order valence-electron chi connectivity index (χ1n) is 11.7. The van der Waals surface area contributed by atoms with Crippen molar-refractivity contribution in [3.8, 4) is 5.75 Å². The first kappa shape index (κ1) is 23.4. The molecule has 3 rings (SSSR count). The van der Waals surface area contributed by atoms with E-state index in [1.807, 2.05) is 31.2 Å². The van der Waals surface area contributed by atoms with Gasteiger partial charge in [-0.3, -0.25) is 0 Å². The average Bonchev–Trinajstić information content (AvgIpc) is 2.78. The Kier molecular flexibility index (Phi) is 8.59. The van der Waals surface area contributed by atoms with Crippen LogP contribution in [0.15, 0.2) is 42.5 Å². The lowest BCUT2D eigenvalue weighted by Crippen LogP contribution is -2.40. The van der Waals surface area contributed by atoms with Crippen LogP contribution < -0.4 is 15.0 Å². The molecule has 0 saturated carbocycles. The standard InChI is InChI=1S/C26H37N3OS/c1-5-16-28-17-8-9-22-18-21(10-15-25(22)28)19-29(20(4)6-2)26(31)27-23-11-13-24(14-12-23)30-7-3/h10-15,18,20H,5-9,16-17,19H2,1-4H3,(H,27,31)/t20-/m0/s1. The number of benzene rings is 2. The Morgan fingerprint density at radius 2 is 1.94 bits per heavy atom. The zero-order valence-corrected chi connectivity index (χ0v) is 20.3. The van der Waals surface area contributed by atoms with Crippen molar-refractivity contribution in [3.05, 3.63) is 53.6 Å². The molecule has 2 aromatic carbocycles. The van der Waals surface area contributed by atoms with Crippen LogP contribution in [0.4, 0.5) is 11.4 Å². The number of thiocarbonyl (C=S) groups is 1. The van der Waals surface area contributed by atoms with Crippen molar-refractivity contribution in [3.63, 3.8) is 0 Å². The van der Waals surface area contributed by atoms with Gasteiger partial charge in [0.25, 0.3) is 0 Å². The van der Waals surface area contributed by atoms with E-state index in [0.29, 0.717) is 12.6 Å². The van der Waals surface area contributed by atoms with E-state index in [2.05, 4.69) is 54.1 Å². The molecule has 4 nitrogen and oxygen atoms in total. The van der Waals surface area contributed by atoms with Crippen LogP contribution in [0.1, 0.15) is 58.1 Å². The van der Waals surface area contributed by atoms with Crippen LogP contribution in [-0.2, 0) is 13.0 Å². The number of anilines is 2. The summed E-state index contributed by atoms with van der Waals surface area (Å²) in [6.07, 6.45) is 4.64. The van der Waals surface area contributed by atoms with Crippen LogP contribution in [0, 0.1) is 0 Å². The van der Waals surface area contributed by atoms with Crippen LogP contribution >= 0.6 is 12.2 Å². The third kappa shape index (κ3) is 6.13. The molecule has 0 fully saturated rings. The SMILES string of the molecule is CCCN1CCCc2cc(CN(C(=S)Nc3ccc(OCC)cc3)[C@@H](C)CC)ccc21. The second kappa shape index (κ2) is 11.4. The van der Waals surface area contributed by atoms with Gasteiger partial charge >= 0.3 is 0 Å². The number of aryl methyl sites for hydroxylation is 1. The van der Waals surface area contributed by atoms with Gasteiger partial charge in [0.05, 0.1) is 6.61 Å². The van der Waals surface area contributed by atoms with Gasteiger partial charge in [-0.05, 0) is 93.2 Å². The molecule has 0 bridgehead atoms. The summed E-state index contributed by atoms with van der Waals surface area (Å²) in [7, 11) is 0. The van der Waals surface area contributed by atoms with Gasteiger partial charge in [0, 0.05) is 37.1 Å². The molecule has 31 heavy (non-hydrogen) atoms. The number of fused-ring (bicyclic) bond motifs is 1. The molecular weight excluding hydrogens is 402 g/mol. The first-order chi connectivity index (χ1) is 15.0. The van der Waals surface area contributed by atoms with Crippen LogP contribution in [0.5, 0.6) is 5.75 Å². The lowest BCUT2D eigenvalue weighted by atomic mass is 9.98. The molecule has 1 aliphatic rings. The molecule has 2 aromatic rings. The Hall–Kier alpha value is -2.27. The van der Waals surface area contributed by atoms with E-state index in [4.69, 9.17) is 17.0 Å². The maximum Gasteiger partial charge on any atom is 0.173 e. The molecule has 0 saturated heterocycles. The van der Waals surface area contributed by atoms with Gasteiger partial charge in [-0.2, -0.15) is 0 Å². The molecule has 0 aliphatic carbocycles. The fraction of sp³-hybridized carbons (Fsp3) is 0.500. The first-order valence-corrected chi connectivity index (χ1v) is 12.1. The maximum absolute atomic E-state index is 5.83. The number of rotatable bonds is 9. The quantitative estimate of drug-likeness (QED) is 0.467. The van der Waals surface area contributed by atoms with E-state index < -0.39 is 0 Å². The normalized spacial score (nSPS) is 14.0. The van der Waals surface area contributed by atoms with Gasteiger partial charge in [0.15, 0.2) is 5.11 Å². The largest absolute Gasteiger partial charge is 0.494 e. The molecule has 0 amide bonds. The van der Waals surface area contributed by atoms with Crippen molar-refractivity contribution in [2.45, 2.75) is 66.0 Å². The predicted molar refractivity (Wildman–Crippen MR) is 136 cm³/mol. The van der Waals surface area contributed by atoms with Gasteiger partial charge in [0.2, 0.25) is 0 Å². The van der Waals surface area contributed by atoms with E-state index in [1.165, 1.54) is 42.6 Å². The summed E-state index contributed by atoms with van der Waals surface area (Å²) in [5, 5.41) is 4.19. The highest BCUT2D eigenvalue weighted by Crippen LogP contribution is 2.29. The Labute approximate surface area is 193 Å². The van der Waals surface area contributed by atoms with Crippen LogP contribution in [0.2, 0.25) is 0 Å². The van der Waals surface area contributed by atoms with E-state index >= 15 is 0 Å². The van der Waals surface area contributed by atoms with E-state index in [-0.39, 0.29) is 0 Å². The summed E-state index contributed by atoms with van der Waals surface area (Å²) in [4.78, 5) is 4.84. The Balaban J connectivity index is 1.73. The molecule has 1 aliphatic heterocycles. The molecule has 0 unspecified atom stereocenters. The monoisotopic (exact) mass is 439 g/mol. The van der Waals surface area contributed by atoms with Gasteiger partial charge in [-0.1, -0.05) is 26.0 Å². The van der Waals surface area contributed by atoms with Crippen molar-refractivity contribution in [2.75, 3.05) is 29.9 Å². The van der Waals surface area contributed by atoms with Crippen LogP contribution in [0.3, 0.4) is 0 Å². The molecule has 0 aromatic heterocycles. The predicted octanol–water partition coefficient (Wildman–Crippen LogP) is 6.25. The number of nitrogens with one attached hydrogen (secondary N) is 1. The van der Waals surface area contributed by atoms with Gasteiger partial charge in [0.1, 0.15) is 5.75 Å². The lowest BCUT2D eigenvalue weighted by Gasteiger charge is -2.33. The minimum atomic E-state index is 0.357. The summed E-state index contributed by atoms with van der Waals surface area (Å²) in [6, 6.07) is 15.3. The molecule has 1 N–H and O–H groups in total.